The van der Waals surface area contributed by atoms with Crippen LogP contribution in [0.3, 0.4) is 0 Å². The average molecular weight is 454 g/mol. The number of hydrogen-bond donors (Lipinski definition) is 1. The van der Waals surface area contributed by atoms with Gasteiger partial charge in [0.25, 0.3) is 0 Å². The molecule has 2 aliphatic heterocycles. The van der Waals surface area contributed by atoms with E-state index in [-0.39, 0.29) is 23.2 Å². The molecule has 1 N–H and O–H groups in total. The zero-order chi connectivity index (χ0) is 23.0. The molecule has 176 valence electrons. The van der Waals surface area contributed by atoms with Crippen molar-refractivity contribution in [1.82, 2.24) is 14.7 Å². The van der Waals surface area contributed by atoms with E-state index in [9.17, 15) is 9.59 Å². The van der Waals surface area contributed by atoms with Crippen LogP contribution in [0.1, 0.15) is 61.0 Å². The fraction of sp³-hybridized carbons (Fsp3) is 0.560. The van der Waals surface area contributed by atoms with Crippen LogP contribution in [-0.4, -0.2) is 64.2 Å². The van der Waals surface area contributed by atoms with Crippen molar-refractivity contribution in [2.75, 3.05) is 26.3 Å². The van der Waals surface area contributed by atoms with Crippen molar-refractivity contribution in [3.05, 3.63) is 47.8 Å². The van der Waals surface area contributed by atoms with E-state index in [1.165, 1.54) is 17.8 Å². The van der Waals surface area contributed by atoms with Gasteiger partial charge >= 0.3 is 12.0 Å². The Kier molecular flexibility index (Phi) is 5.86. The van der Waals surface area contributed by atoms with Gasteiger partial charge in [-0.15, -0.1) is 0 Å². The van der Waals surface area contributed by atoms with Gasteiger partial charge in [0.1, 0.15) is 5.75 Å². The van der Waals surface area contributed by atoms with Gasteiger partial charge in [-0.2, -0.15) is 9.78 Å². The average Bonchev–Trinajstić information content (AvgIpc) is 3.53. The van der Waals surface area contributed by atoms with Gasteiger partial charge in [0, 0.05) is 32.5 Å². The van der Waals surface area contributed by atoms with Crippen LogP contribution < -0.4 is 4.74 Å². The van der Waals surface area contributed by atoms with Crippen LogP contribution in [-0.2, 0) is 4.74 Å². The molecular formula is C25H31N3O5. The molecule has 2 saturated heterocycles. The Labute approximate surface area is 193 Å². The first kappa shape index (κ1) is 21.9. The first-order valence-electron chi connectivity index (χ1n) is 11.9. The Hall–Kier alpha value is -2.87. The van der Waals surface area contributed by atoms with Crippen molar-refractivity contribution in [3.8, 4) is 5.75 Å². The molecule has 3 heterocycles. The normalized spacial score (nSPS) is 27.5. The highest BCUT2D eigenvalue weighted by atomic mass is 16.5. The molecule has 1 amide bonds. The lowest BCUT2D eigenvalue weighted by atomic mass is 9.78. The molecule has 3 atom stereocenters. The lowest BCUT2D eigenvalue weighted by molar-refractivity contribution is 0.0689. The van der Waals surface area contributed by atoms with Crippen molar-refractivity contribution in [2.24, 2.45) is 11.3 Å². The van der Waals surface area contributed by atoms with Crippen LogP contribution >= 0.6 is 0 Å². The van der Waals surface area contributed by atoms with Gasteiger partial charge in [0.2, 0.25) is 0 Å². The standard InChI is InChI=1S/C25H31N3O5/c1-2-25-14-19(33-22-6-4-3-5-20(22)17-8-11-32-12-9-17)13-18(25)15-27(16-25)24(31)28-10-7-21(26-28)23(29)30/h3-7,10,17-19H,2,8-9,11-16H2,1H3,(H,29,30)/t18-,19+,25+/m0/s1. The quantitative estimate of drug-likeness (QED) is 0.735. The molecule has 33 heavy (non-hydrogen) atoms. The van der Waals surface area contributed by atoms with E-state index in [1.807, 2.05) is 11.0 Å². The topological polar surface area (TPSA) is 93.9 Å². The van der Waals surface area contributed by atoms with E-state index in [1.54, 1.807) is 0 Å². The zero-order valence-electron chi connectivity index (χ0n) is 19.0. The van der Waals surface area contributed by atoms with Gasteiger partial charge in [-0.3, -0.25) is 0 Å². The molecule has 1 aromatic carbocycles. The molecule has 5 rings (SSSR count). The molecular weight excluding hydrogens is 422 g/mol. The number of carbonyl (C=O) groups excluding carboxylic acids is 1. The fourth-order valence-corrected chi connectivity index (χ4v) is 6.03. The Bertz CT molecular complexity index is 1030. The Morgan fingerprint density at radius 1 is 1.24 bits per heavy atom. The van der Waals surface area contributed by atoms with Crippen LogP contribution in [0.5, 0.6) is 5.75 Å². The first-order chi connectivity index (χ1) is 16.0. The summed E-state index contributed by atoms with van der Waals surface area (Å²) < 4.78 is 13.3. The third-order valence-corrected chi connectivity index (χ3v) is 7.85. The van der Waals surface area contributed by atoms with Gasteiger partial charge < -0.3 is 19.5 Å². The summed E-state index contributed by atoms with van der Waals surface area (Å²) in [5.74, 6) is 0.701. The summed E-state index contributed by atoms with van der Waals surface area (Å²) in [5, 5.41) is 13.0. The minimum absolute atomic E-state index is 0.0245. The molecule has 0 spiro atoms. The second-order valence-corrected chi connectivity index (χ2v) is 9.63. The van der Waals surface area contributed by atoms with E-state index >= 15 is 0 Å². The number of benzene rings is 1. The molecule has 3 fully saturated rings. The van der Waals surface area contributed by atoms with E-state index in [4.69, 9.17) is 14.6 Å². The summed E-state index contributed by atoms with van der Waals surface area (Å²) in [6.45, 7) is 5.10. The van der Waals surface area contributed by atoms with Crippen molar-refractivity contribution in [3.63, 3.8) is 0 Å². The number of carbonyl (C=O) groups is 2. The van der Waals surface area contributed by atoms with E-state index < -0.39 is 5.97 Å². The molecule has 8 heteroatoms. The maximum Gasteiger partial charge on any atom is 0.356 e. The first-order valence-corrected chi connectivity index (χ1v) is 11.9. The minimum atomic E-state index is -1.13. The predicted molar refractivity (Wildman–Crippen MR) is 121 cm³/mol. The molecule has 1 saturated carbocycles. The minimum Gasteiger partial charge on any atom is -0.490 e. The number of ether oxygens (including phenoxy) is 2. The third-order valence-electron chi connectivity index (χ3n) is 7.85. The summed E-state index contributed by atoms with van der Waals surface area (Å²) in [5.41, 5.74) is 1.19. The highest BCUT2D eigenvalue weighted by molar-refractivity contribution is 5.86. The van der Waals surface area contributed by atoms with E-state index in [0.29, 0.717) is 24.9 Å². The second kappa shape index (κ2) is 8.82. The second-order valence-electron chi connectivity index (χ2n) is 9.63. The molecule has 2 aromatic rings. The Balaban J connectivity index is 1.27. The van der Waals surface area contributed by atoms with Crippen LogP contribution in [0, 0.1) is 11.3 Å². The number of carboxylic acids is 1. The highest BCUT2D eigenvalue weighted by Crippen LogP contribution is 2.52. The number of nitrogens with zero attached hydrogens (tertiary/aromatic N) is 3. The maximum absolute atomic E-state index is 13.0. The highest BCUT2D eigenvalue weighted by Gasteiger charge is 2.53. The number of rotatable bonds is 5. The lowest BCUT2D eigenvalue weighted by Gasteiger charge is -2.28. The van der Waals surface area contributed by atoms with Crippen LogP contribution in [0.4, 0.5) is 4.79 Å². The van der Waals surface area contributed by atoms with Crippen molar-refractivity contribution < 1.29 is 24.2 Å². The SMILES string of the molecule is CC[C@]12C[C@H](Oc3ccccc3C3CCOCC3)C[C@H]1CN(C(=O)n1ccc(C(=O)O)n1)C2. The molecule has 0 radical (unpaired) electrons. The number of fused-ring (bicyclic) bond motifs is 1. The number of aromatic nitrogens is 2. The van der Waals surface area contributed by atoms with Gasteiger partial charge in [-0.05, 0) is 67.1 Å². The van der Waals surface area contributed by atoms with Crippen molar-refractivity contribution in [1.29, 1.82) is 0 Å². The van der Waals surface area contributed by atoms with Gasteiger partial charge in [-0.25, -0.2) is 9.59 Å². The van der Waals surface area contributed by atoms with Crippen LogP contribution in [0.15, 0.2) is 36.5 Å². The van der Waals surface area contributed by atoms with E-state index in [2.05, 4.69) is 30.2 Å². The molecule has 8 nitrogen and oxygen atoms in total. The summed E-state index contributed by atoms with van der Waals surface area (Å²) in [6.07, 6.45) is 6.43. The molecule has 0 unspecified atom stereocenters. The van der Waals surface area contributed by atoms with Crippen molar-refractivity contribution >= 4 is 12.0 Å². The molecule has 3 aliphatic rings. The number of carboxylic acid groups (broad SMARTS) is 1. The summed E-state index contributed by atoms with van der Waals surface area (Å²) in [7, 11) is 0. The Morgan fingerprint density at radius 2 is 2.03 bits per heavy atom. The van der Waals surface area contributed by atoms with Crippen LogP contribution in [0.2, 0.25) is 0 Å². The van der Waals surface area contributed by atoms with Gasteiger partial charge in [0.05, 0.1) is 6.10 Å². The predicted octanol–water partition coefficient (Wildman–Crippen LogP) is 4.01. The zero-order valence-corrected chi connectivity index (χ0v) is 19.0. The fourth-order valence-electron chi connectivity index (χ4n) is 6.03. The summed E-state index contributed by atoms with van der Waals surface area (Å²) in [4.78, 5) is 25.9. The molecule has 1 aromatic heterocycles. The maximum atomic E-state index is 13.0. The Morgan fingerprint density at radius 3 is 2.73 bits per heavy atom. The number of hydrogen-bond acceptors (Lipinski definition) is 5. The lowest BCUT2D eigenvalue weighted by Crippen LogP contribution is -2.36. The number of amides is 1. The third kappa shape index (κ3) is 4.12. The molecule has 0 bridgehead atoms. The molecule has 1 aliphatic carbocycles. The van der Waals surface area contributed by atoms with Crippen molar-refractivity contribution in [2.45, 2.75) is 51.0 Å². The number of para-hydroxylation sites is 1. The van der Waals surface area contributed by atoms with E-state index in [0.717, 1.165) is 55.7 Å². The van der Waals surface area contributed by atoms with Gasteiger partial charge in [-0.1, -0.05) is 25.1 Å². The smallest absolute Gasteiger partial charge is 0.356 e. The van der Waals surface area contributed by atoms with Gasteiger partial charge in [0.15, 0.2) is 5.69 Å². The monoisotopic (exact) mass is 453 g/mol. The number of likely N-dealkylation sites (tertiary alicyclic amines) is 1. The summed E-state index contributed by atoms with van der Waals surface area (Å²) in [6, 6.07) is 9.50. The summed E-state index contributed by atoms with van der Waals surface area (Å²) >= 11 is 0. The van der Waals surface area contributed by atoms with Crippen LogP contribution in [0.25, 0.3) is 0 Å². The largest absolute Gasteiger partial charge is 0.490 e. The number of aromatic carboxylic acids is 1.